The number of rotatable bonds is 10. The number of hydrogen-bond acceptors (Lipinski definition) is 6. The van der Waals surface area contributed by atoms with E-state index >= 15 is 0 Å². The number of phenols is 2. The van der Waals surface area contributed by atoms with Crippen LogP contribution in [-0.4, -0.2) is 46.9 Å². The molecule has 0 fully saturated rings. The Kier molecular flexibility index (Phi) is 7.76. The summed E-state index contributed by atoms with van der Waals surface area (Å²) in [4.78, 5) is 0. The number of aliphatic hydroxyl groups excluding tert-OH is 2. The van der Waals surface area contributed by atoms with Crippen LogP contribution in [0.3, 0.4) is 0 Å². The molecule has 0 amide bonds. The van der Waals surface area contributed by atoms with Gasteiger partial charge in [0.1, 0.15) is 5.75 Å². The zero-order valence-electron chi connectivity index (χ0n) is 15.8. The van der Waals surface area contributed by atoms with Crippen molar-refractivity contribution in [2.24, 2.45) is 0 Å². The fourth-order valence-electron chi connectivity index (χ4n) is 2.97. The Balaban J connectivity index is 1.82. The highest BCUT2D eigenvalue weighted by Gasteiger charge is 2.17. The van der Waals surface area contributed by atoms with Crippen LogP contribution in [0.15, 0.2) is 36.4 Å². The third-order valence-electron chi connectivity index (χ3n) is 4.61. The molecule has 0 unspecified atom stereocenters. The Bertz CT molecular complexity index is 688. The standard InChI is InChI=1S/C21H28O6/c1-26-19-12-15(13-20(27-2)21(19)25)8-11-18(24)17(23)5-3-4-14-6-9-16(22)10-7-14/h6-7,9-10,12-13,17-18,22-25H,3-5,8,11H2,1-2H3/t17-,18+/m0/s1. The van der Waals surface area contributed by atoms with Crippen molar-refractivity contribution in [1.82, 2.24) is 0 Å². The van der Waals surface area contributed by atoms with Gasteiger partial charge in [-0.1, -0.05) is 12.1 Å². The van der Waals surface area contributed by atoms with Crippen molar-refractivity contribution in [2.75, 3.05) is 14.2 Å². The highest BCUT2D eigenvalue weighted by Crippen LogP contribution is 2.37. The molecule has 6 nitrogen and oxygen atoms in total. The van der Waals surface area contributed by atoms with Gasteiger partial charge in [0.2, 0.25) is 5.75 Å². The van der Waals surface area contributed by atoms with Gasteiger partial charge in [0, 0.05) is 0 Å². The Labute approximate surface area is 159 Å². The van der Waals surface area contributed by atoms with E-state index in [0.29, 0.717) is 30.8 Å². The maximum Gasteiger partial charge on any atom is 0.200 e. The number of aromatic hydroxyl groups is 2. The maximum atomic E-state index is 10.2. The Hall–Kier alpha value is -2.44. The van der Waals surface area contributed by atoms with Gasteiger partial charge >= 0.3 is 0 Å². The van der Waals surface area contributed by atoms with Gasteiger partial charge in [-0.15, -0.1) is 0 Å². The summed E-state index contributed by atoms with van der Waals surface area (Å²) >= 11 is 0. The van der Waals surface area contributed by atoms with Crippen molar-refractivity contribution in [2.45, 2.75) is 44.3 Å². The van der Waals surface area contributed by atoms with Crippen molar-refractivity contribution < 1.29 is 29.9 Å². The summed E-state index contributed by atoms with van der Waals surface area (Å²) in [7, 11) is 2.93. The zero-order valence-corrected chi connectivity index (χ0v) is 15.8. The molecule has 0 heterocycles. The first kappa shape index (κ1) is 20.9. The summed E-state index contributed by atoms with van der Waals surface area (Å²) < 4.78 is 10.3. The summed E-state index contributed by atoms with van der Waals surface area (Å²) in [5, 5.41) is 39.6. The molecule has 6 heteroatoms. The topological polar surface area (TPSA) is 99.4 Å². The van der Waals surface area contributed by atoms with E-state index in [2.05, 4.69) is 0 Å². The van der Waals surface area contributed by atoms with Crippen LogP contribution in [0.5, 0.6) is 23.0 Å². The number of aryl methyl sites for hydroxylation is 2. The van der Waals surface area contributed by atoms with Crippen molar-refractivity contribution in [3.8, 4) is 23.0 Å². The first-order chi connectivity index (χ1) is 12.9. The Morgan fingerprint density at radius 3 is 1.89 bits per heavy atom. The number of aliphatic hydroxyl groups is 2. The van der Waals surface area contributed by atoms with Crippen molar-refractivity contribution in [3.05, 3.63) is 47.5 Å². The maximum absolute atomic E-state index is 10.2. The lowest BCUT2D eigenvalue weighted by molar-refractivity contribution is 0.00914. The van der Waals surface area contributed by atoms with Crippen molar-refractivity contribution in [3.63, 3.8) is 0 Å². The van der Waals surface area contributed by atoms with E-state index in [1.54, 1.807) is 24.3 Å². The summed E-state index contributed by atoms with van der Waals surface area (Å²) in [6, 6.07) is 10.4. The Morgan fingerprint density at radius 2 is 1.33 bits per heavy atom. The molecule has 0 bridgehead atoms. The monoisotopic (exact) mass is 376 g/mol. The summed E-state index contributed by atoms with van der Waals surface area (Å²) in [6.45, 7) is 0. The van der Waals surface area contributed by atoms with Crippen LogP contribution in [0.2, 0.25) is 0 Å². The molecule has 0 aliphatic carbocycles. The SMILES string of the molecule is COc1cc(CC[C@@H](O)[C@@H](O)CCCc2ccc(O)cc2)cc(OC)c1O. The van der Waals surface area contributed by atoms with Crippen molar-refractivity contribution >= 4 is 0 Å². The summed E-state index contributed by atoms with van der Waals surface area (Å²) in [5.74, 6) is 0.803. The van der Waals surface area contributed by atoms with E-state index in [4.69, 9.17) is 9.47 Å². The number of methoxy groups -OCH3 is 2. The van der Waals surface area contributed by atoms with Gasteiger partial charge in [0.05, 0.1) is 26.4 Å². The van der Waals surface area contributed by atoms with Gasteiger partial charge in [0.25, 0.3) is 0 Å². The van der Waals surface area contributed by atoms with Crippen LogP contribution >= 0.6 is 0 Å². The second kappa shape index (κ2) is 10.0. The van der Waals surface area contributed by atoms with Crippen LogP contribution in [0.25, 0.3) is 0 Å². The highest BCUT2D eigenvalue weighted by molar-refractivity contribution is 5.52. The largest absolute Gasteiger partial charge is 0.508 e. The second-order valence-electron chi connectivity index (χ2n) is 6.58. The van der Waals surface area contributed by atoms with Gasteiger partial charge in [-0.25, -0.2) is 0 Å². The van der Waals surface area contributed by atoms with E-state index < -0.39 is 12.2 Å². The zero-order chi connectivity index (χ0) is 19.8. The van der Waals surface area contributed by atoms with E-state index in [1.807, 2.05) is 12.1 Å². The molecule has 148 valence electrons. The average Bonchev–Trinajstić information content (AvgIpc) is 2.68. The number of benzene rings is 2. The molecule has 2 aromatic rings. The lowest BCUT2D eigenvalue weighted by Crippen LogP contribution is -2.26. The normalized spacial score (nSPS) is 13.2. The summed E-state index contributed by atoms with van der Waals surface area (Å²) in [6.07, 6.45) is 1.27. The van der Waals surface area contributed by atoms with E-state index in [9.17, 15) is 20.4 Å². The minimum absolute atomic E-state index is 0.0569. The molecule has 0 aliphatic heterocycles. The Morgan fingerprint density at radius 1 is 0.778 bits per heavy atom. The van der Waals surface area contributed by atoms with Gasteiger partial charge < -0.3 is 29.9 Å². The van der Waals surface area contributed by atoms with Gasteiger partial charge in [-0.2, -0.15) is 0 Å². The first-order valence-electron chi connectivity index (χ1n) is 9.02. The van der Waals surface area contributed by atoms with Gasteiger partial charge in [-0.05, 0) is 67.5 Å². The predicted molar refractivity (Wildman–Crippen MR) is 103 cm³/mol. The lowest BCUT2D eigenvalue weighted by atomic mass is 9.98. The third-order valence-corrected chi connectivity index (χ3v) is 4.61. The lowest BCUT2D eigenvalue weighted by Gasteiger charge is -2.18. The minimum atomic E-state index is -0.837. The van der Waals surface area contributed by atoms with E-state index in [1.165, 1.54) is 14.2 Å². The molecule has 0 spiro atoms. The molecular formula is C21H28O6. The van der Waals surface area contributed by atoms with Crippen LogP contribution in [0, 0.1) is 0 Å². The van der Waals surface area contributed by atoms with Crippen LogP contribution < -0.4 is 9.47 Å². The molecule has 2 rings (SSSR count). The third kappa shape index (κ3) is 6.05. The summed E-state index contributed by atoms with van der Waals surface area (Å²) in [5.41, 5.74) is 1.93. The number of hydrogen-bond donors (Lipinski definition) is 4. The highest BCUT2D eigenvalue weighted by atomic mass is 16.5. The predicted octanol–water partition coefficient (Wildman–Crippen LogP) is 2.79. The molecule has 4 N–H and O–H groups in total. The smallest absolute Gasteiger partial charge is 0.200 e. The molecular weight excluding hydrogens is 348 g/mol. The van der Waals surface area contributed by atoms with E-state index in [0.717, 1.165) is 24.0 Å². The molecule has 0 saturated carbocycles. The molecule has 0 aliphatic rings. The fraction of sp³-hybridized carbons (Fsp3) is 0.429. The minimum Gasteiger partial charge on any atom is -0.508 e. The van der Waals surface area contributed by atoms with Crippen LogP contribution in [0.1, 0.15) is 30.4 Å². The molecule has 0 radical (unpaired) electrons. The quantitative estimate of drug-likeness (QED) is 0.509. The first-order valence-corrected chi connectivity index (χ1v) is 9.02. The van der Waals surface area contributed by atoms with Crippen molar-refractivity contribution in [1.29, 1.82) is 0 Å². The molecule has 0 saturated heterocycles. The van der Waals surface area contributed by atoms with Gasteiger partial charge in [-0.3, -0.25) is 0 Å². The fourth-order valence-corrected chi connectivity index (χ4v) is 2.97. The second-order valence-corrected chi connectivity index (χ2v) is 6.58. The molecule has 2 atom stereocenters. The number of ether oxygens (including phenoxy) is 2. The average molecular weight is 376 g/mol. The van der Waals surface area contributed by atoms with E-state index in [-0.39, 0.29) is 11.5 Å². The van der Waals surface area contributed by atoms with Crippen LogP contribution in [0.4, 0.5) is 0 Å². The number of phenolic OH excluding ortho intramolecular Hbond substituents is 2. The molecule has 0 aromatic heterocycles. The molecule has 27 heavy (non-hydrogen) atoms. The molecule has 2 aromatic carbocycles. The van der Waals surface area contributed by atoms with Crippen LogP contribution in [-0.2, 0) is 12.8 Å². The van der Waals surface area contributed by atoms with Gasteiger partial charge in [0.15, 0.2) is 11.5 Å².